The van der Waals surface area contributed by atoms with Crippen LogP contribution in [0.4, 0.5) is 0 Å². The van der Waals surface area contributed by atoms with Crippen LogP contribution >= 0.6 is 7.82 Å². The third kappa shape index (κ3) is 11.5. The maximum absolute atomic E-state index is 11.3. The first-order valence-corrected chi connectivity index (χ1v) is 7.10. The Kier molecular flexibility index (Phi) is 9.92. The van der Waals surface area contributed by atoms with Gasteiger partial charge in [-0.1, -0.05) is 0 Å². The highest BCUT2D eigenvalue weighted by molar-refractivity contribution is 7.47. The van der Waals surface area contributed by atoms with Gasteiger partial charge < -0.3 is 4.89 Å². The Bertz CT molecular complexity index is 285. The minimum atomic E-state index is -3.89. The largest absolute Gasteiger partial charge is 0.472 e. The van der Waals surface area contributed by atoms with E-state index >= 15 is 0 Å². The minimum Gasteiger partial charge on any atom is -0.302 e. The maximum atomic E-state index is 11.3. The second kappa shape index (κ2) is 10.4. The summed E-state index contributed by atoms with van der Waals surface area (Å²) < 4.78 is 20.8. The van der Waals surface area contributed by atoms with Crippen molar-refractivity contribution in [2.24, 2.45) is 0 Å². The van der Waals surface area contributed by atoms with Crippen LogP contribution in [0.1, 0.15) is 38.5 Å². The summed E-state index contributed by atoms with van der Waals surface area (Å²) in [5.74, 6) is 4.97. The Morgan fingerprint density at radius 3 is 1.71 bits per heavy atom. The van der Waals surface area contributed by atoms with Gasteiger partial charge in [-0.05, 0) is 25.7 Å². The van der Waals surface area contributed by atoms with E-state index < -0.39 is 7.82 Å². The van der Waals surface area contributed by atoms with E-state index in [0.717, 1.165) is 12.8 Å². The fourth-order valence-corrected chi connectivity index (χ4v) is 1.85. The first kappa shape index (κ1) is 16.2. The molecule has 0 fully saturated rings. The van der Waals surface area contributed by atoms with Gasteiger partial charge in [-0.25, -0.2) is 4.57 Å². The Balaban J connectivity index is 3.50. The summed E-state index contributed by atoms with van der Waals surface area (Å²) in [5.41, 5.74) is 0. The second-order valence-corrected chi connectivity index (χ2v) is 4.91. The van der Waals surface area contributed by atoms with Crippen LogP contribution in [0.15, 0.2) is 0 Å². The summed E-state index contributed by atoms with van der Waals surface area (Å²) in [6.07, 6.45) is 14.3. The monoisotopic (exact) mass is 258 g/mol. The molecule has 96 valence electrons. The molecular weight excluding hydrogens is 239 g/mol. The van der Waals surface area contributed by atoms with Crippen LogP contribution in [-0.4, -0.2) is 18.1 Å². The van der Waals surface area contributed by atoms with Crippen molar-refractivity contribution in [3.05, 3.63) is 0 Å². The molecule has 0 spiro atoms. The van der Waals surface area contributed by atoms with Crippen molar-refractivity contribution in [3.8, 4) is 24.7 Å². The Hall–Kier alpha value is -0.770. The van der Waals surface area contributed by atoms with Gasteiger partial charge in [-0.15, -0.1) is 24.7 Å². The van der Waals surface area contributed by atoms with E-state index in [-0.39, 0.29) is 13.2 Å². The first-order valence-electron chi connectivity index (χ1n) is 5.61. The molecule has 0 unspecified atom stereocenters. The number of phosphoric acid groups is 1. The summed E-state index contributed by atoms with van der Waals surface area (Å²) in [7, 11) is -3.89. The zero-order chi connectivity index (χ0) is 13.0. The Labute approximate surface area is 103 Å². The molecule has 0 saturated carbocycles. The smallest absolute Gasteiger partial charge is 0.302 e. The molecule has 0 aliphatic heterocycles. The average molecular weight is 258 g/mol. The topological polar surface area (TPSA) is 55.8 Å². The van der Waals surface area contributed by atoms with Gasteiger partial charge in [0.1, 0.15) is 0 Å². The lowest BCUT2D eigenvalue weighted by Gasteiger charge is -2.11. The maximum Gasteiger partial charge on any atom is 0.472 e. The lowest BCUT2D eigenvalue weighted by Crippen LogP contribution is -1.98. The van der Waals surface area contributed by atoms with Crippen molar-refractivity contribution in [2.75, 3.05) is 13.2 Å². The van der Waals surface area contributed by atoms with Crippen molar-refractivity contribution in [3.63, 3.8) is 0 Å². The van der Waals surface area contributed by atoms with Crippen LogP contribution in [0.2, 0.25) is 0 Å². The lowest BCUT2D eigenvalue weighted by atomic mass is 10.2. The predicted molar refractivity (Wildman–Crippen MR) is 67.1 cm³/mol. The standard InChI is InChI=1S/C12H19O4P/c1-3-5-7-9-11-15-17(13,14)16-12-10-8-6-4-2/h1-2H,5-12H2,(H,13,14). The van der Waals surface area contributed by atoms with Crippen LogP contribution in [-0.2, 0) is 13.6 Å². The average Bonchev–Trinajstić information content (AvgIpc) is 2.28. The van der Waals surface area contributed by atoms with Crippen molar-refractivity contribution in [2.45, 2.75) is 38.5 Å². The van der Waals surface area contributed by atoms with Crippen molar-refractivity contribution < 1.29 is 18.5 Å². The Morgan fingerprint density at radius 2 is 1.35 bits per heavy atom. The van der Waals surface area contributed by atoms with Gasteiger partial charge in [-0.2, -0.15) is 0 Å². The summed E-state index contributed by atoms with van der Waals surface area (Å²) in [4.78, 5) is 9.26. The van der Waals surface area contributed by atoms with Gasteiger partial charge in [0.2, 0.25) is 0 Å². The molecule has 0 heterocycles. The van der Waals surface area contributed by atoms with Crippen LogP contribution in [0.5, 0.6) is 0 Å². The van der Waals surface area contributed by atoms with E-state index in [1.807, 2.05) is 0 Å². The fourth-order valence-electron chi connectivity index (χ4n) is 1.06. The second-order valence-electron chi connectivity index (χ2n) is 3.46. The number of phosphoric ester groups is 1. The number of hydrogen-bond acceptors (Lipinski definition) is 3. The molecule has 0 aliphatic carbocycles. The van der Waals surface area contributed by atoms with Crippen LogP contribution in [0, 0.1) is 24.7 Å². The summed E-state index contributed by atoms with van der Waals surface area (Å²) in [6.45, 7) is 0.361. The molecule has 0 aromatic rings. The third-order valence-corrected chi connectivity index (χ3v) is 2.96. The van der Waals surface area contributed by atoms with E-state index in [2.05, 4.69) is 11.8 Å². The SMILES string of the molecule is C#CCCCCOP(=O)(O)OCCCCC#C. The summed E-state index contributed by atoms with van der Waals surface area (Å²) >= 11 is 0. The van der Waals surface area contributed by atoms with Gasteiger partial charge >= 0.3 is 7.82 Å². The molecule has 0 saturated heterocycles. The molecule has 0 radical (unpaired) electrons. The molecule has 0 aliphatic rings. The van der Waals surface area contributed by atoms with Crippen molar-refractivity contribution in [1.29, 1.82) is 0 Å². The first-order chi connectivity index (χ1) is 8.12. The fraction of sp³-hybridized carbons (Fsp3) is 0.667. The van der Waals surface area contributed by atoms with E-state index in [1.165, 1.54) is 0 Å². The molecule has 0 bridgehead atoms. The normalized spacial score (nSPS) is 10.8. The molecule has 17 heavy (non-hydrogen) atoms. The summed E-state index contributed by atoms with van der Waals surface area (Å²) in [5, 5.41) is 0. The van der Waals surface area contributed by atoms with Gasteiger partial charge in [0.05, 0.1) is 13.2 Å². The zero-order valence-electron chi connectivity index (χ0n) is 9.93. The quantitative estimate of drug-likeness (QED) is 0.372. The van der Waals surface area contributed by atoms with Crippen LogP contribution in [0.25, 0.3) is 0 Å². The van der Waals surface area contributed by atoms with E-state index in [9.17, 15) is 9.46 Å². The van der Waals surface area contributed by atoms with Crippen molar-refractivity contribution in [1.82, 2.24) is 0 Å². The molecule has 1 N–H and O–H groups in total. The van der Waals surface area contributed by atoms with E-state index in [1.54, 1.807) is 0 Å². The Morgan fingerprint density at radius 1 is 0.941 bits per heavy atom. The van der Waals surface area contributed by atoms with E-state index in [4.69, 9.17) is 21.9 Å². The molecule has 0 rings (SSSR count). The molecule has 4 nitrogen and oxygen atoms in total. The molecule has 0 aromatic heterocycles. The van der Waals surface area contributed by atoms with Gasteiger partial charge in [0.15, 0.2) is 0 Å². The molecule has 0 amide bonds. The molecule has 0 atom stereocenters. The van der Waals surface area contributed by atoms with Crippen LogP contribution in [0.3, 0.4) is 0 Å². The molecular formula is C12H19O4P. The summed E-state index contributed by atoms with van der Waals surface area (Å²) in [6, 6.07) is 0. The van der Waals surface area contributed by atoms with E-state index in [0.29, 0.717) is 25.7 Å². The lowest BCUT2D eigenvalue weighted by molar-refractivity contribution is 0.146. The molecule has 0 aromatic carbocycles. The zero-order valence-corrected chi connectivity index (χ0v) is 10.8. The minimum absolute atomic E-state index is 0.180. The third-order valence-electron chi connectivity index (χ3n) is 1.94. The van der Waals surface area contributed by atoms with Gasteiger partial charge in [-0.3, -0.25) is 9.05 Å². The number of unbranched alkanes of at least 4 members (excludes halogenated alkanes) is 4. The number of rotatable bonds is 10. The number of terminal acetylenes is 2. The number of hydrogen-bond donors (Lipinski definition) is 1. The highest BCUT2D eigenvalue weighted by Crippen LogP contribution is 2.43. The van der Waals surface area contributed by atoms with Gasteiger partial charge in [0.25, 0.3) is 0 Å². The molecule has 5 heteroatoms. The highest BCUT2D eigenvalue weighted by atomic mass is 31.2. The van der Waals surface area contributed by atoms with Gasteiger partial charge in [0, 0.05) is 12.8 Å². The highest BCUT2D eigenvalue weighted by Gasteiger charge is 2.19. The van der Waals surface area contributed by atoms with Crippen molar-refractivity contribution >= 4 is 7.82 Å². The predicted octanol–water partition coefficient (Wildman–Crippen LogP) is 2.73. The van der Waals surface area contributed by atoms with Crippen LogP contribution < -0.4 is 0 Å².